The van der Waals surface area contributed by atoms with Gasteiger partial charge in [-0.3, -0.25) is 0 Å². The van der Waals surface area contributed by atoms with E-state index in [2.05, 4.69) is 30.5 Å². The molecule has 0 spiro atoms. The number of nitrogen functional groups attached to an aromatic ring is 1. The van der Waals surface area contributed by atoms with E-state index in [4.69, 9.17) is 10.5 Å². The van der Waals surface area contributed by atoms with Crippen molar-refractivity contribution in [1.29, 1.82) is 0 Å². The first-order valence-electron chi connectivity index (χ1n) is 5.27. The minimum Gasteiger partial charge on any atom is -0.467 e. The molecule has 0 aliphatic heterocycles. The molecule has 2 N–H and O–H groups in total. The van der Waals surface area contributed by atoms with Crippen LogP contribution in [-0.4, -0.2) is 42.3 Å². The Morgan fingerprint density at radius 3 is 2.89 bits per heavy atom. The van der Waals surface area contributed by atoms with Crippen LogP contribution in [0.25, 0.3) is 0 Å². The maximum Gasteiger partial charge on any atom is 0.321 e. The van der Waals surface area contributed by atoms with Crippen molar-refractivity contribution in [1.82, 2.24) is 35.2 Å². The second-order valence-corrected chi connectivity index (χ2v) is 4.64. The Morgan fingerprint density at radius 1 is 1.33 bits per heavy atom. The van der Waals surface area contributed by atoms with Crippen LogP contribution in [0.5, 0.6) is 6.01 Å². The summed E-state index contributed by atoms with van der Waals surface area (Å²) < 4.78 is 6.71. The average molecular weight is 266 g/mol. The summed E-state index contributed by atoms with van der Waals surface area (Å²) in [5.74, 6) is 0.106. The summed E-state index contributed by atoms with van der Waals surface area (Å²) in [6.45, 7) is 0. The minimum absolute atomic E-state index is 0.106. The molecule has 94 valence electrons. The van der Waals surface area contributed by atoms with E-state index in [9.17, 15) is 0 Å². The Hall–Kier alpha value is -1.97. The van der Waals surface area contributed by atoms with Gasteiger partial charge in [-0.05, 0) is 35.0 Å². The molecule has 0 radical (unpaired) electrons. The molecule has 9 nitrogen and oxygen atoms in total. The van der Waals surface area contributed by atoms with Crippen molar-refractivity contribution in [3.63, 3.8) is 0 Å². The summed E-state index contributed by atoms with van der Waals surface area (Å²) in [7, 11) is 1.47. The highest BCUT2D eigenvalue weighted by molar-refractivity contribution is 7.99. The van der Waals surface area contributed by atoms with Crippen LogP contribution in [0.1, 0.15) is 18.9 Å². The number of anilines is 1. The van der Waals surface area contributed by atoms with Crippen molar-refractivity contribution in [2.45, 2.75) is 29.2 Å². The maximum atomic E-state index is 5.56. The SMILES string of the molecule is COc1nc(N)nc(Sc2nnnn2C2CC2)n1. The van der Waals surface area contributed by atoms with E-state index in [1.165, 1.54) is 18.9 Å². The lowest BCUT2D eigenvalue weighted by Crippen LogP contribution is -2.03. The van der Waals surface area contributed by atoms with Crippen LogP contribution in [0, 0.1) is 0 Å². The molecule has 2 aromatic heterocycles. The molecule has 0 atom stereocenters. The van der Waals surface area contributed by atoms with Crippen molar-refractivity contribution in [2.75, 3.05) is 12.8 Å². The van der Waals surface area contributed by atoms with Crippen molar-refractivity contribution >= 4 is 17.7 Å². The van der Waals surface area contributed by atoms with E-state index < -0.39 is 0 Å². The fraction of sp³-hybridized carbons (Fsp3) is 0.500. The zero-order valence-electron chi connectivity index (χ0n) is 9.52. The number of tetrazole rings is 1. The van der Waals surface area contributed by atoms with Gasteiger partial charge < -0.3 is 10.5 Å². The molecule has 0 unspecified atom stereocenters. The van der Waals surface area contributed by atoms with Gasteiger partial charge in [-0.15, -0.1) is 5.10 Å². The summed E-state index contributed by atoms with van der Waals surface area (Å²) in [6, 6.07) is 0.569. The smallest absolute Gasteiger partial charge is 0.321 e. The molecule has 2 heterocycles. The summed E-state index contributed by atoms with van der Waals surface area (Å²) in [5, 5.41) is 12.6. The van der Waals surface area contributed by atoms with Crippen molar-refractivity contribution in [3.8, 4) is 6.01 Å². The monoisotopic (exact) mass is 266 g/mol. The number of ether oxygens (including phenoxy) is 1. The number of hydrogen-bond acceptors (Lipinski definition) is 9. The Kier molecular flexibility index (Phi) is 2.70. The second kappa shape index (κ2) is 4.37. The minimum atomic E-state index is 0.106. The van der Waals surface area contributed by atoms with Gasteiger partial charge in [0, 0.05) is 0 Å². The molecule has 0 bridgehead atoms. The second-order valence-electron chi connectivity index (χ2n) is 3.70. The van der Waals surface area contributed by atoms with Gasteiger partial charge >= 0.3 is 6.01 Å². The third-order valence-corrected chi connectivity index (χ3v) is 3.15. The van der Waals surface area contributed by atoms with Gasteiger partial charge in [0.2, 0.25) is 16.3 Å². The Morgan fingerprint density at radius 2 is 2.17 bits per heavy atom. The van der Waals surface area contributed by atoms with E-state index in [0.717, 1.165) is 12.8 Å². The van der Waals surface area contributed by atoms with Crippen LogP contribution in [0.3, 0.4) is 0 Å². The van der Waals surface area contributed by atoms with Crippen LogP contribution in [0.2, 0.25) is 0 Å². The average Bonchev–Trinajstić information content (AvgIpc) is 3.10. The third-order valence-electron chi connectivity index (χ3n) is 2.33. The van der Waals surface area contributed by atoms with Gasteiger partial charge in [0.25, 0.3) is 0 Å². The number of rotatable bonds is 4. The van der Waals surface area contributed by atoms with Crippen LogP contribution < -0.4 is 10.5 Å². The topological polar surface area (TPSA) is 118 Å². The summed E-state index contributed by atoms with van der Waals surface area (Å²) in [4.78, 5) is 11.9. The lowest BCUT2D eigenvalue weighted by Gasteiger charge is -2.03. The third kappa shape index (κ3) is 2.18. The first kappa shape index (κ1) is 11.1. The molecule has 1 fully saturated rings. The molecule has 0 aromatic carbocycles. The normalized spacial score (nSPS) is 14.7. The van der Waals surface area contributed by atoms with Crippen LogP contribution in [0.15, 0.2) is 10.3 Å². The van der Waals surface area contributed by atoms with Gasteiger partial charge in [0.15, 0.2) is 0 Å². The number of aromatic nitrogens is 7. The quantitative estimate of drug-likeness (QED) is 0.811. The summed E-state index contributed by atoms with van der Waals surface area (Å²) in [6.07, 6.45) is 2.20. The first-order valence-corrected chi connectivity index (χ1v) is 6.09. The van der Waals surface area contributed by atoms with Crippen molar-refractivity contribution < 1.29 is 4.74 Å². The van der Waals surface area contributed by atoms with Gasteiger partial charge in [0.1, 0.15) is 0 Å². The van der Waals surface area contributed by atoms with Gasteiger partial charge in [-0.25, -0.2) is 4.68 Å². The highest BCUT2D eigenvalue weighted by Crippen LogP contribution is 2.37. The Labute approximate surface area is 106 Å². The molecule has 10 heteroatoms. The molecule has 18 heavy (non-hydrogen) atoms. The largest absolute Gasteiger partial charge is 0.467 e. The van der Waals surface area contributed by atoms with Crippen LogP contribution >= 0.6 is 11.8 Å². The van der Waals surface area contributed by atoms with E-state index >= 15 is 0 Å². The van der Waals surface area contributed by atoms with E-state index in [1.54, 1.807) is 4.68 Å². The number of methoxy groups -OCH3 is 1. The van der Waals surface area contributed by atoms with Gasteiger partial charge in [-0.1, -0.05) is 0 Å². The lowest BCUT2D eigenvalue weighted by molar-refractivity contribution is 0.374. The van der Waals surface area contributed by atoms with Gasteiger partial charge in [0.05, 0.1) is 13.2 Å². The fourth-order valence-corrected chi connectivity index (χ4v) is 2.15. The molecule has 3 rings (SSSR count). The summed E-state index contributed by atoms with van der Waals surface area (Å²) >= 11 is 1.24. The maximum absolute atomic E-state index is 5.56. The van der Waals surface area contributed by atoms with E-state index in [-0.39, 0.29) is 12.0 Å². The highest BCUT2D eigenvalue weighted by Gasteiger charge is 2.28. The Balaban J connectivity index is 1.87. The molecule has 1 aliphatic rings. The van der Waals surface area contributed by atoms with Crippen LogP contribution in [-0.2, 0) is 0 Å². The zero-order chi connectivity index (χ0) is 12.5. The molecule has 2 aromatic rings. The lowest BCUT2D eigenvalue weighted by atomic mass is 10.7. The number of hydrogen-bond donors (Lipinski definition) is 1. The molecule has 0 saturated heterocycles. The molecular weight excluding hydrogens is 256 g/mol. The number of nitrogens with two attached hydrogens (primary N) is 1. The molecular formula is C8H10N8OS. The standard InChI is InChI=1S/C8H10N8OS/c1-17-6-10-5(9)11-7(12-6)18-8-13-14-15-16(8)4-2-3-4/h4H,2-3H2,1H3,(H2,9,10,11,12). The van der Waals surface area contributed by atoms with E-state index in [1.807, 2.05) is 0 Å². The first-order chi connectivity index (χ1) is 8.76. The van der Waals surface area contributed by atoms with Crippen LogP contribution in [0.4, 0.5) is 5.95 Å². The number of nitrogens with zero attached hydrogens (tertiary/aromatic N) is 7. The summed E-state index contributed by atoms with van der Waals surface area (Å²) in [5.41, 5.74) is 5.56. The van der Waals surface area contributed by atoms with E-state index in [0.29, 0.717) is 16.4 Å². The fourth-order valence-electron chi connectivity index (χ4n) is 1.37. The highest BCUT2D eigenvalue weighted by atomic mass is 32.2. The molecule has 1 saturated carbocycles. The molecule has 0 amide bonds. The predicted molar refractivity (Wildman–Crippen MR) is 61.0 cm³/mol. The van der Waals surface area contributed by atoms with Crippen molar-refractivity contribution in [2.24, 2.45) is 0 Å². The van der Waals surface area contributed by atoms with Gasteiger partial charge in [-0.2, -0.15) is 15.0 Å². The predicted octanol–water partition coefficient (Wildman–Crippen LogP) is -0.0650. The Bertz CT molecular complexity index is 568. The molecule has 1 aliphatic carbocycles. The zero-order valence-corrected chi connectivity index (χ0v) is 10.3. The van der Waals surface area contributed by atoms with Crippen molar-refractivity contribution in [3.05, 3.63) is 0 Å².